The van der Waals surface area contributed by atoms with E-state index < -0.39 is 0 Å². The molecule has 1 amide bonds. The summed E-state index contributed by atoms with van der Waals surface area (Å²) in [6.45, 7) is 7.44. The maximum Gasteiger partial charge on any atom is 0.274 e. The highest BCUT2D eigenvalue weighted by atomic mass is 16.2. The second kappa shape index (κ2) is 7.17. The number of H-pyrrole nitrogens is 1. The number of aromatic amines is 1. The van der Waals surface area contributed by atoms with Crippen molar-refractivity contribution in [2.75, 3.05) is 26.2 Å². The number of likely N-dealkylation sites (N-methyl/N-ethyl adjacent to an activating group) is 1. The summed E-state index contributed by atoms with van der Waals surface area (Å²) in [6.07, 6.45) is 5.72. The largest absolute Gasteiger partial charge is 0.337 e. The van der Waals surface area contributed by atoms with Gasteiger partial charge in [0, 0.05) is 44.8 Å². The quantitative estimate of drug-likeness (QED) is 0.904. The molecule has 0 unspecified atom stereocenters. The van der Waals surface area contributed by atoms with Crippen LogP contribution in [0.2, 0.25) is 0 Å². The van der Waals surface area contributed by atoms with Gasteiger partial charge in [0.25, 0.3) is 5.91 Å². The molecule has 1 saturated heterocycles. The van der Waals surface area contributed by atoms with Crippen LogP contribution >= 0.6 is 0 Å². The number of imidazole rings is 1. The van der Waals surface area contributed by atoms with Gasteiger partial charge in [-0.3, -0.25) is 14.8 Å². The molecular weight excluding hydrogens is 304 g/mol. The first-order valence-corrected chi connectivity index (χ1v) is 8.68. The Hall–Kier alpha value is -2.15. The fourth-order valence-electron chi connectivity index (χ4n) is 3.36. The van der Waals surface area contributed by atoms with Gasteiger partial charge in [0.05, 0.1) is 6.04 Å². The Balaban J connectivity index is 1.76. The predicted molar refractivity (Wildman–Crippen MR) is 91.7 cm³/mol. The highest BCUT2D eigenvalue weighted by molar-refractivity contribution is 5.92. The standard InChI is InChI=1S/C17H26N6O/c1-4-6-13-11-14(20-19-13)17(24)23-10-9-22(5-2)15(12-23)16-18-7-8-21(16)3/h7-8,11,15H,4-6,9-10,12H2,1-3H3,(H,19,20)/t15-/m0/s1. The van der Waals surface area contributed by atoms with Crippen molar-refractivity contribution in [3.63, 3.8) is 0 Å². The highest BCUT2D eigenvalue weighted by Gasteiger charge is 2.32. The van der Waals surface area contributed by atoms with E-state index in [4.69, 9.17) is 0 Å². The molecule has 0 radical (unpaired) electrons. The van der Waals surface area contributed by atoms with Crippen molar-refractivity contribution in [1.82, 2.24) is 29.5 Å². The van der Waals surface area contributed by atoms with Crippen molar-refractivity contribution in [3.05, 3.63) is 35.7 Å². The van der Waals surface area contributed by atoms with Crippen molar-refractivity contribution in [2.45, 2.75) is 32.7 Å². The molecule has 0 aromatic carbocycles. The van der Waals surface area contributed by atoms with Gasteiger partial charge < -0.3 is 9.47 Å². The number of carbonyl (C=O) groups is 1. The Bertz CT molecular complexity index is 691. The fraction of sp³-hybridized carbons (Fsp3) is 0.588. The van der Waals surface area contributed by atoms with Crippen LogP contribution in [0.25, 0.3) is 0 Å². The number of piperazine rings is 1. The number of hydrogen-bond acceptors (Lipinski definition) is 4. The van der Waals surface area contributed by atoms with Gasteiger partial charge in [-0.15, -0.1) is 0 Å². The van der Waals surface area contributed by atoms with Gasteiger partial charge in [-0.2, -0.15) is 5.10 Å². The molecule has 3 heterocycles. The molecule has 0 spiro atoms. The van der Waals surface area contributed by atoms with Crippen LogP contribution < -0.4 is 0 Å². The molecule has 3 rings (SSSR count). The van der Waals surface area contributed by atoms with Crippen LogP contribution in [0.4, 0.5) is 0 Å². The first-order chi connectivity index (χ1) is 11.6. The minimum absolute atomic E-state index is 0.00330. The lowest BCUT2D eigenvalue weighted by Crippen LogP contribution is -2.51. The number of hydrogen-bond donors (Lipinski definition) is 1. The third-order valence-electron chi connectivity index (χ3n) is 4.71. The molecule has 1 N–H and O–H groups in total. The average molecular weight is 330 g/mol. The Morgan fingerprint density at radius 3 is 2.88 bits per heavy atom. The van der Waals surface area contributed by atoms with Gasteiger partial charge in [0.15, 0.2) is 0 Å². The molecule has 2 aromatic rings. The van der Waals surface area contributed by atoms with Gasteiger partial charge in [-0.05, 0) is 19.0 Å². The summed E-state index contributed by atoms with van der Waals surface area (Å²) in [5.74, 6) is 1.01. The van der Waals surface area contributed by atoms with Crippen LogP contribution in [0.1, 0.15) is 48.3 Å². The Kier molecular flexibility index (Phi) is 4.99. The van der Waals surface area contributed by atoms with Crippen molar-refractivity contribution < 1.29 is 4.79 Å². The van der Waals surface area contributed by atoms with Crippen LogP contribution in [0.3, 0.4) is 0 Å². The second-order valence-electron chi connectivity index (χ2n) is 6.32. The first-order valence-electron chi connectivity index (χ1n) is 8.68. The molecule has 7 nitrogen and oxygen atoms in total. The first kappa shape index (κ1) is 16.7. The van der Waals surface area contributed by atoms with Gasteiger partial charge in [0.1, 0.15) is 11.5 Å². The van der Waals surface area contributed by atoms with E-state index >= 15 is 0 Å². The van der Waals surface area contributed by atoms with E-state index in [2.05, 4.69) is 33.9 Å². The Morgan fingerprint density at radius 2 is 2.21 bits per heavy atom. The molecule has 1 aliphatic rings. The van der Waals surface area contributed by atoms with E-state index in [-0.39, 0.29) is 11.9 Å². The third kappa shape index (κ3) is 3.21. The number of nitrogens with zero attached hydrogens (tertiary/aromatic N) is 5. The number of aryl methyl sites for hydroxylation is 2. The van der Waals surface area contributed by atoms with Gasteiger partial charge >= 0.3 is 0 Å². The number of rotatable bonds is 5. The average Bonchev–Trinajstić information content (AvgIpc) is 3.23. The van der Waals surface area contributed by atoms with Crippen LogP contribution in [0.15, 0.2) is 18.5 Å². The van der Waals surface area contributed by atoms with Crippen molar-refractivity contribution in [1.29, 1.82) is 0 Å². The predicted octanol–water partition coefficient (Wildman–Crippen LogP) is 1.61. The zero-order valence-electron chi connectivity index (χ0n) is 14.7. The summed E-state index contributed by atoms with van der Waals surface area (Å²) in [5, 5.41) is 7.17. The summed E-state index contributed by atoms with van der Waals surface area (Å²) < 4.78 is 2.04. The Morgan fingerprint density at radius 1 is 1.38 bits per heavy atom. The molecule has 1 atom stereocenters. The number of amides is 1. The lowest BCUT2D eigenvalue weighted by Gasteiger charge is -2.40. The van der Waals surface area contributed by atoms with E-state index in [0.717, 1.165) is 44.0 Å². The lowest BCUT2D eigenvalue weighted by molar-refractivity contribution is 0.0467. The monoisotopic (exact) mass is 330 g/mol. The summed E-state index contributed by atoms with van der Waals surface area (Å²) in [6, 6.07) is 2.01. The maximum absolute atomic E-state index is 12.8. The van der Waals surface area contributed by atoms with Gasteiger partial charge in [-0.1, -0.05) is 20.3 Å². The van der Waals surface area contributed by atoms with Crippen LogP contribution in [0.5, 0.6) is 0 Å². The highest BCUT2D eigenvalue weighted by Crippen LogP contribution is 2.24. The van der Waals surface area contributed by atoms with Crippen LogP contribution in [0, 0.1) is 0 Å². The summed E-state index contributed by atoms with van der Waals surface area (Å²) >= 11 is 0. The number of carbonyl (C=O) groups excluding carboxylic acids is 1. The zero-order valence-corrected chi connectivity index (χ0v) is 14.7. The fourth-order valence-corrected chi connectivity index (χ4v) is 3.36. The smallest absolute Gasteiger partial charge is 0.274 e. The van der Waals surface area contributed by atoms with Gasteiger partial charge in [0.2, 0.25) is 0 Å². The number of nitrogens with one attached hydrogen (secondary N) is 1. The SMILES string of the molecule is CCCc1cc(C(=O)N2CCN(CC)[C@H](c3nccn3C)C2)n[nH]1. The molecule has 2 aromatic heterocycles. The van der Waals surface area contributed by atoms with E-state index in [1.165, 1.54) is 0 Å². The molecule has 0 aliphatic carbocycles. The van der Waals surface area contributed by atoms with E-state index in [0.29, 0.717) is 12.2 Å². The molecule has 7 heteroatoms. The second-order valence-corrected chi connectivity index (χ2v) is 6.32. The molecular formula is C17H26N6O. The molecule has 0 saturated carbocycles. The van der Waals surface area contributed by atoms with Crippen molar-refractivity contribution in [3.8, 4) is 0 Å². The minimum atomic E-state index is 0.00330. The van der Waals surface area contributed by atoms with Crippen molar-refractivity contribution in [2.24, 2.45) is 7.05 Å². The summed E-state index contributed by atoms with van der Waals surface area (Å²) in [4.78, 5) is 21.6. The topological polar surface area (TPSA) is 70.1 Å². The molecule has 24 heavy (non-hydrogen) atoms. The van der Waals surface area contributed by atoms with Crippen molar-refractivity contribution >= 4 is 5.91 Å². The molecule has 130 valence electrons. The van der Waals surface area contributed by atoms with Gasteiger partial charge in [-0.25, -0.2) is 4.98 Å². The van der Waals surface area contributed by atoms with E-state index in [1.54, 1.807) is 0 Å². The molecule has 0 bridgehead atoms. The Labute approximate surface area is 142 Å². The maximum atomic E-state index is 12.8. The zero-order chi connectivity index (χ0) is 17.1. The van der Waals surface area contributed by atoms with Crippen LogP contribution in [-0.2, 0) is 13.5 Å². The molecule has 1 aliphatic heterocycles. The van der Waals surface area contributed by atoms with Crippen LogP contribution in [-0.4, -0.2) is 61.6 Å². The third-order valence-corrected chi connectivity index (χ3v) is 4.71. The normalized spacial score (nSPS) is 19.0. The number of aromatic nitrogens is 4. The minimum Gasteiger partial charge on any atom is -0.337 e. The van der Waals surface area contributed by atoms with E-state index in [9.17, 15) is 4.79 Å². The molecule has 1 fully saturated rings. The van der Waals surface area contributed by atoms with E-state index in [1.807, 2.05) is 35.0 Å². The lowest BCUT2D eigenvalue weighted by atomic mass is 10.1. The summed E-state index contributed by atoms with van der Waals surface area (Å²) in [7, 11) is 2.00. The summed E-state index contributed by atoms with van der Waals surface area (Å²) in [5.41, 5.74) is 1.54.